The number of rotatable bonds is 50. The summed E-state index contributed by atoms with van der Waals surface area (Å²) in [6, 6.07) is 0. The van der Waals surface area contributed by atoms with Gasteiger partial charge in [0.15, 0.2) is 6.10 Å². The predicted octanol–water partition coefficient (Wildman–Crippen LogP) is 19.6. The van der Waals surface area contributed by atoms with Crippen molar-refractivity contribution in [2.45, 2.75) is 239 Å². The minimum atomic E-state index is -0.807. The van der Waals surface area contributed by atoms with E-state index in [1.165, 1.54) is 32.1 Å². The van der Waals surface area contributed by atoms with E-state index < -0.39 is 6.10 Å². The molecule has 0 rings (SSSR count). The van der Waals surface area contributed by atoms with Crippen LogP contribution in [0.4, 0.5) is 0 Å². The molecule has 0 saturated heterocycles. The van der Waals surface area contributed by atoms with Crippen molar-refractivity contribution in [1.82, 2.24) is 0 Å². The van der Waals surface area contributed by atoms with Crippen molar-refractivity contribution in [1.29, 1.82) is 0 Å². The van der Waals surface area contributed by atoms with Gasteiger partial charge < -0.3 is 14.2 Å². The molecule has 1 atom stereocenters. The van der Waals surface area contributed by atoms with Gasteiger partial charge in [-0.25, -0.2) is 0 Å². The standard InChI is InChI=1S/C66H104O6/c1-4-7-10-13-16-19-21-23-25-27-29-31-33-35-37-39-41-43-45-47-50-53-56-59-65(68)71-62-63(61-70-64(67)58-55-52-49-18-15-12-9-6-3)72-66(69)60-57-54-51-48-46-44-42-40-38-36-34-32-30-28-26-24-22-20-17-14-11-8-5-2/h7-8,10-11,16-17,19-20,23-26,29-32,35-38,41-44,63H,4-6,9,12-15,18,21-22,27-28,33-34,39-40,45-62H2,1-3H3/b10-7-,11-8-,19-16-,20-17-,25-23-,26-24-,31-29-,32-30-,37-35-,38-36-,43-41-,44-42-. The number of allylic oxidation sites excluding steroid dienone is 24. The van der Waals surface area contributed by atoms with E-state index >= 15 is 0 Å². The molecule has 0 bridgehead atoms. The lowest BCUT2D eigenvalue weighted by molar-refractivity contribution is -0.167. The number of carbonyl (C=O) groups is 3. The highest BCUT2D eigenvalue weighted by Gasteiger charge is 2.19. The quantitative estimate of drug-likeness (QED) is 0.0261. The molecule has 0 aliphatic heterocycles. The first kappa shape index (κ1) is 67.3. The van der Waals surface area contributed by atoms with Crippen molar-refractivity contribution in [2.24, 2.45) is 0 Å². The van der Waals surface area contributed by atoms with Gasteiger partial charge in [0.25, 0.3) is 0 Å². The van der Waals surface area contributed by atoms with Gasteiger partial charge >= 0.3 is 17.9 Å². The minimum absolute atomic E-state index is 0.102. The Morgan fingerprint density at radius 1 is 0.292 bits per heavy atom. The monoisotopic (exact) mass is 993 g/mol. The third-order valence-electron chi connectivity index (χ3n) is 11.6. The number of hydrogen-bond donors (Lipinski definition) is 0. The second kappa shape index (κ2) is 58.9. The van der Waals surface area contributed by atoms with E-state index in [1.807, 2.05) is 0 Å². The summed E-state index contributed by atoms with van der Waals surface area (Å²) in [5.41, 5.74) is 0. The zero-order valence-corrected chi connectivity index (χ0v) is 46.1. The average molecular weight is 994 g/mol. The second-order valence-electron chi connectivity index (χ2n) is 18.4. The molecule has 0 N–H and O–H groups in total. The van der Waals surface area contributed by atoms with Crippen molar-refractivity contribution in [3.8, 4) is 0 Å². The van der Waals surface area contributed by atoms with Crippen molar-refractivity contribution in [3.63, 3.8) is 0 Å². The molecule has 0 aromatic carbocycles. The van der Waals surface area contributed by atoms with Crippen LogP contribution in [0.5, 0.6) is 0 Å². The first-order chi connectivity index (χ1) is 35.5. The van der Waals surface area contributed by atoms with Crippen molar-refractivity contribution in [2.75, 3.05) is 13.2 Å². The minimum Gasteiger partial charge on any atom is -0.462 e. The Balaban J connectivity index is 4.39. The Morgan fingerprint density at radius 3 is 0.847 bits per heavy atom. The molecule has 0 radical (unpaired) electrons. The van der Waals surface area contributed by atoms with E-state index in [4.69, 9.17) is 14.2 Å². The molecule has 6 nitrogen and oxygen atoms in total. The first-order valence-electron chi connectivity index (χ1n) is 28.8. The van der Waals surface area contributed by atoms with E-state index in [0.29, 0.717) is 12.8 Å². The SMILES string of the molecule is CC/C=C\C/C=C\C/C=C\C/C=C\C/C=C\C/C=C\CCCCCCC(=O)OCC(COC(=O)CCCCCCCCCC)OC(=O)CCCCCC/C=C\C/C=C\C/C=C\C/C=C\C/C=C\C/C=C\CC. The highest BCUT2D eigenvalue weighted by atomic mass is 16.6. The zero-order valence-electron chi connectivity index (χ0n) is 46.1. The Kier molecular flexibility index (Phi) is 55.0. The number of ether oxygens (including phenoxy) is 3. The van der Waals surface area contributed by atoms with Gasteiger partial charge in [-0.3, -0.25) is 14.4 Å². The fraction of sp³-hybridized carbons (Fsp3) is 0.591. The maximum atomic E-state index is 12.8. The summed E-state index contributed by atoms with van der Waals surface area (Å²) in [6.45, 7) is 6.32. The van der Waals surface area contributed by atoms with Crippen LogP contribution in [0.15, 0.2) is 146 Å². The highest BCUT2D eigenvalue weighted by molar-refractivity contribution is 5.71. The molecule has 0 heterocycles. The normalized spacial score (nSPS) is 13.2. The van der Waals surface area contributed by atoms with Crippen LogP contribution >= 0.6 is 0 Å². The third kappa shape index (κ3) is 56.2. The maximum absolute atomic E-state index is 12.8. The summed E-state index contributed by atoms with van der Waals surface area (Å²) in [4.78, 5) is 38.0. The summed E-state index contributed by atoms with van der Waals surface area (Å²) in [6.07, 6.45) is 84.2. The molecular weight excluding hydrogens is 889 g/mol. The van der Waals surface area contributed by atoms with E-state index in [-0.39, 0.29) is 37.5 Å². The van der Waals surface area contributed by atoms with Gasteiger partial charge in [-0.05, 0) is 122 Å². The molecular formula is C66H104O6. The summed E-state index contributed by atoms with van der Waals surface area (Å²) < 4.78 is 16.8. The summed E-state index contributed by atoms with van der Waals surface area (Å²) >= 11 is 0. The van der Waals surface area contributed by atoms with Crippen LogP contribution in [0.3, 0.4) is 0 Å². The van der Waals surface area contributed by atoms with E-state index in [0.717, 1.165) is 161 Å². The van der Waals surface area contributed by atoms with E-state index in [2.05, 4.69) is 167 Å². The fourth-order valence-corrected chi connectivity index (χ4v) is 7.33. The lowest BCUT2D eigenvalue weighted by atomic mass is 10.1. The number of carbonyl (C=O) groups excluding carboxylic acids is 3. The van der Waals surface area contributed by atoms with Crippen LogP contribution in [0.25, 0.3) is 0 Å². The predicted molar refractivity (Wildman–Crippen MR) is 311 cm³/mol. The molecule has 0 fully saturated rings. The van der Waals surface area contributed by atoms with Crippen molar-refractivity contribution >= 4 is 17.9 Å². The molecule has 0 aromatic rings. The number of esters is 3. The molecule has 0 aromatic heterocycles. The maximum Gasteiger partial charge on any atom is 0.306 e. The van der Waals surface area contributed by atoms with Crippen LogP contribution < -0.4 is 0 Å². The van der Waals surface area contributed by atoms with Gasteiger partial charge in [0, 0.05) is 19.3 Å². The number of unbranched alkanes of at least 4 members (excludes halogenated alkanes) is 15. The molecule has 1 unspecified atom stereocenters. The smallest absolute Gasteiger partial charge is 0.306 e. The van der Waals surface area contributed by atoms with Crippen molar-refractivity contribution in [3.05, 3.63) is 146 Å². The zero-order chi connectivity index (χ0) is 52.2. The molecule has 0 spiro atoms. The van der Waals surface area contributed by atoms with Crippen LogP contribution in [0.2, 0.25) is 0 Å². The topological polar surface area (TPSA) is 78.9 Å². The molecule has 72 heavy (non-hydrogen) atoms. The van der Waals surface area contributed by atoms with Crippen LogP contribution in [-0.2, 0) is 28.6 Å². The van der Waals surface area contributed by atoms with Gasteiger partial charge in [0.1, 0.15) is 13.2 Å². The van der Waals surface area contributed by atoms with Crippen LogP contribution in [-0.4, -0.2) is 37.2 Å². The Labute approximate surface area is 442 Å². The van der Waals surface area contributed by atoms with Gasteiger partial charge in [0.2, 0.25) is 0 Å². The van der Waals surface area contributed by atoms with Gasteiger partial charge in [-0.2, -0.15) is 0 Å². The Bertz CT molecular complexity index is 1610. The van der Waals surface area contributed by atoms with Gasteiger partial charge in [0.05, 0.1) is 0 Å². The lowest BCUT2D eigenvalue weighted by Gasteiger charge is -2.18. The third-order valence-corrected chi connectivity index (χ3v) is 11.6. The molecule has 404 valence electrons. The van der Waals surface area contributed by atoms with E-state index in [9.17, 15) is 14.4 Å². The molecule has 0 aliphatic rings. The molecule has 0 saturated carbocycles. The lowest BCUT2D eigenvalue weighted by Crippen LogP contribution is -2.30. The summed E-state index contributed by atoms with van der Waals surface area (Å²) in [7, 11) is 0. The fourth-order valence-electron chi connectivity index (χ4n) is 7.33. The van der Waals surface area contributed by atoms with E-state index in [1.54, 1.807) is 0 Å². The van der Waals surface area contributed by atoms with Crippen LogP contribution in [0, 0.1) is 0 Å². The second-order valence-corrected chi connectivity index (χ2v) is 18.4. The average Bonchev–Trinajstić information content (AvgIpc) is 3.38. The Morgan fingerprint density at radius 2 is 0.542 bits per heavy atom. The Hall–Kier alpha value is -4.71. The highest BCUT2D eigenvalue weighted by Crippen LogP contribution is 2.13. The van der Waals surface area contributed by atoms with Gasteiger partial charge in [-0.1, -0.05) is 237 Å². The first-order valence-corrected chi connectivity index (χ1v) is 28.8. The summed E-state index contributed by atoms with van der Waals surface area (Å²) in [5, 5.41) is 0. The number of hydrogen-bond acceptors (Lipinski definition) is 6. The van der Waals surface area contributed by atoms with Crippen molar-refractivity contribution < 1.29 is 28.6 Å². The van der Waals surface area contributed by atoms with Gasteiger partial charge in [-0.15, -0.1) is 0 Å². The van der Waals surface area contributed by atoms with Crippen LogP contribution in [0.1, 0.15) is 233 Å². The molecule has 6 heteroatoms. The molecule has 0 aliphatic carbocycles. The molecule has 0 amide bonds. The summed E-state index contributed by atoms with van der Waals surface area (Å²) in [5.74, 6) is -0.964. The largest absolute Gasteiger partial charge is 0.462 e.